The maximum Gasteiger partial charge on any atom is 0.410 e. The van der Waals surface area contributed by atoms with Crippen LogP contribution in [0.4, 0.5) is 4.79 Å². The second-order valence-corrected chi connectivity index (χ2v) is 8.50. The molecule has 1 aromatic carbocycles. The van der Waals surface area contributed by atoms with Crippen molar-refractivity contribution in [2.75, 3.05) is 7.05 Å². The standard InChI is InChI=1S/C19H29BrN2O3/c1-13(2)11-16(22(6)18(24)25-19(3,4)5)17(23)21-12-14-7-9-15(20)10-8-14/h7-10,13,16H,11-12H2,1-6H3,(H,21,23)/t16-/m0/s1. The van der Waals surface area contributed by atoms with Crippen LogP contribution in [0.3, 0.4) is 0 Å². The molecule has 1 atom stereocenters. The molecule has 2 amide bonds. The van der Waals surface area contributed by atoms with Gasteiger partial charge in [0.05, 0.1) is 0 Å². The fourth-order valence-electron chi connectivity index (χ4n) is 2.26. The summed E-state index contributed by atoms with van der Waals surface area (Å²) in [4.78, 5) is 26.4. The Morgan fingerprint density at radius 2 is 1.76 bits per heavy atom. The molecule has 0 fully saturated rings. The molecule has 0 bridgehead atoms. The SMILES string of the molecule is CC(C)C[C@@H](C(=O)NCc1ccc(Br)cc1)N(C)C(=O)OC(C)(C)C. The van der Waals surface area contributed by atoms with E-state index in [0.717, 1.165) is 10.0 Å². The third kappa shape index (κ3) is 7.90. The molecule has 140 valence electrons. The molecule has 0 saturated carbocycles. The van der Waals surface area contributed by atoms with Gasteiger partial charge in [0.25, 0.3) is 0 Å². The van der Waals surface area contributed by atoms with E-state index in [0.29, 0.717) is 13.0 Å². The van der Waals surface area contributed by atoms with Gasteiger partial charge in [-0.1, -0.05) is 41.9 Å². The Hall–Kier alpha value is -1.56. The van der Waals surface area contributed by atoms with Crippen LogP contribution in [0.25, 0.3) is 0 Å². The number of amides is 2. The van der Waals surface area contributed by atoms with Crippen molar-refractivity contribution in [2.45, 2.75) is 59.2 Å². The Kier molecular flexibility index (Phi) is 7.93. The molecule has 5 nitrogen and oxygen atoms in total. The first-order valence-electron chi connectivity index (χ1n) is 8.47. The largest absolute Gasteiger partial charge is 0.444 e. The molecule has 1 rings (SSSR count). The molecule has 0 unspecified atom stereocenters. The van der Waals surface area contributed by atoms with Crippen LogP contribution < -0.4 is 5.32 Å². The van der Waals surface area contributed by atoms with E-state index in [-0.39, 0.29) is 11.8 Å². The number of nitrogens with zero attached hydrogens (tertiary/aromatic N) is 1. The molecule has 1 N–H and O–H groups in total. The summed E-state index contributed by atoms with van der Waals surface area (Å²) in [6, 6.07) is 7.18. The van der Waals surface area contributed by atoms with Crippen molar-refractivity contribution in [2.24, 2.45) is 5.92 Å². The quantitative estimate of drug-likeness (QED) is 0.755. The number of hydrogen-bond acceptors (Lipinski definition) is 3. The number of rotatable bonds is 6. The lowest BCUT2D eigenvalue weighted by Crippen LogP contribution is -2.49. The molecule has 0 heterocycles. The van der Waals surface area contributed by atoms with Crippen molar-refractivity contribution < 1.29 is 14.3 Å². The Morgan fingerprint density at radius 3 is 2.24 bits per heavy atom. The van der Waals surface area contributed by atoms with Crippen molar-refractivity contribution in [1.82, 2.24) is 10.2 Å². The number of hydrogen-bond donors (Lipinski definition) is 1. The second kappa shape index (κ2) is 9.22. The summed E-state index contributed by atoms with van der Waals surface area (Å²) in [7, 11) is 1.61. The highest BCUT2D eigenvalue weighted by Gasteiger charge is 2.30. The van der Waals surface area contributed by atoms with Gasteiger partial charge in [0, 0.05) is 18.1 Å². The zero-order valence-corrected chi connectivity index (χ0v) is 17.5. The Balaban J connectivity index is 2.77. The van der Waals surface area contributed by atoms with E-state index in [1.165, 1.54) is 4.90 Å². The smallest absolute Gasteiger partial charge is 0.410 e. The molecule has 0 radical (unpaired) electrons. The first-order chi connectivity index (χ1) is 11.5. The summed E-state index contributed by atoms with van der Waals surface area (Å²) in [6.07, 6.45) is 0.0824. The molecule has 0 aliphatic heterocycles. The number of benzene rings is 1. The predicted molar refractivity (Wildman–Crippen MR) is 103 cm³/mol. The van der Waals surface area contributed by atoms with E-state index < -0.39 is 17.7 Å². The first-order valence-corrected chi connectivity index (χ1v) is 9.27. The molecule has 25 heavy (non-hydrogen) atoms. The van der Waals surface area contributed by atoms with Gasteiger partial charge in [-0.2, -0.15) is 0 Å². The van der Waals surface area contributed by atoms with Crippen molar-refractivity contribution in [3.63, 3.8) is 0 Å². The number of likely N-dealkylation sites (N-methyl/N-ethyl adjacent to an activating group) is 1. The summed E-state index contributed by atoms with van der Waals surface area (Å²) >= 11 is 3.39. The second-order valence-electron chi connectivity index (χ2n) is 7.58. The molecular weight excluding hydrogens is 384 g/mol. The van der Waals surface area contributed by atoms with Gasteiger partial charge in [0.15, 0.2) is 0 Å². The minimum atomic E-state index is -0.596. The number of ether oxygens (including phenoxy) is 1. The van der Waals surface area contributed by atoms with Crippen LogP contribution in [0.5, 0.6) is 0 Å². The fourth-order valence-corrected chi connectivity index (χ4v) is 2.52. The number of carbonyl (C=O) groups is 2. The van der Waals surface area contributed by atoms with Gasteiger partial charge in [0.1, 0.15) is 11.6 Å². The van der Waals surface area contributed by atoms with E-state index in [1.54, 1.807) is 7.05 Å². The van der Waals surface area contributed by atoms with Gasteiger partial charge in [-0.15, -0.1) is 0 Å². The lowest BCUT2D eigenvalue weighted by atomic mass is 10.0. The van der Waals surface area contributed by atoms with Gasteiger partial charge >= 0.3 is 6.09 Å². The number of nitrogens with one attached hydrogen (secondary N) is 1. The van der Waals surface area contributed by atoms with Gasteiger partial charge in [-0.3, -0.25) is 9.69 Å². The molecule has 0 saturated heterocycles. The number of carbonyl (C=O) groups excluding carboxylic acids is 2. The summed E-state index contributed by atoms with van der Waals surface area (Å²) in [5, 5.41) is 2.92. The van der Waals surface area contributed by atoms with Crippen LogP contribution in [0.2, 0.25) is 0 Å². The minimum Gasteiger partial charge on any atom is -0.444 e. The summed E-state index contributed by atoms with van der Waals surface area (Å²) in [5.41, 5.74) is 0.404. The maximum absolute atomic E-state index is 12.7. The highest BCUT2D eigenvalue weighted by atomic mass is 79.9. The van der Waals surface area contributed by atoms with Crippen molar-refractivity contribution in [3.05, 3.63) is 34.3 Å². The minimum absolute atomic E-state index is 0.176. The number of halogens is 1. The molecule has 0 aliphatic rings. The lowest BCUT2D eigenvalue weighted by Gasteiger charge is -2.31. The summed E-state index contributed by atoms with van der Waals surface area (Å²) in [6.45, 7) is 9.90. The molecule has 1 aromatic rings. The summed E-state index contributed by atoms with van der Waals surface area (Å²) < 4.78 is 6.38. The maximum atomic E-state index is 12.7. The van der Waals surface area contributed by atoms with Gasteiger partial charge in [0.2, 0.25) is 5.91 Å². The third-order valence-corrected chi connectivity index (χ3v) is 4.05. The molecular formula is C19H29BrN2O3. The van der Waals surface area contributed by atoms with Crippen molar-refractivity contribution in [1.29, 1.82) is 0 Å². The van der Waals surface area contributed by atoms with Crippen molar-refractivity contribution >= 4 is 27.9 Å². The molecule has 0 spiro atoms. The van der Waals surface area contributed by atoms with E-state index in [4.69, 9.17) is 4.74 Å². The monoisotopic (exact) mass is 412 g/mol. The van der Waals surface area contributed by atoms with Crippen LogP contribution >= 0.6 is 15.9 Å². The van der Waals surface area contributed by atoms with E-state index in [1.807, 2.05) is 58.9 Å². The molecule has 0 aromatic heterocycles. The van der Waals surface area contributed by atoms with Crippen LogP contribution in [0.15, 0.2) is 28.7 Å². The van der Waals surface area contributed by atoms with Crippen LogP contribution in [0.1, 0.15) is 46.6 Å². The van der Waals surface area contributed by atoms with Crippen LogP contribution in [-0.2, 0) is 16.1 Å². The predicted octanol–water partition coefficient (Wildman–Crippen LogP) is 4.35. The first kappa shape index (κ1) is 21.5. The van der Waals surface area contributed by atoms with E-state index in [2.05, 4.69) is 21.2 Å². The van der Waals surface area contributed by atoms with E-state index >= 15 is 0 Å². The summed E-state index contributed by atoms with van der Waals surface area (Å²) in [5.74, 6) is 0.0956. The molecule has 0 aliphatic carbocycles. The fraction of sp³-hybridized carbons (Fsp3) is 0.579. The van der Waals surface area contributed by atoms with Crippen LogP contribution in [-0.4, -0.2) is 35.6 Å². The normalized spacial score (nSPS) is 12.6. The lowest BCUT2D eigenvalue weighted by molar-refractivity contribution is -0.126. The third-order valence-electron chi connectivity index (χ3n) is 3.53. The van der Waals surface area contributed by atoms with Gasteiger partial charge in [-0.05, 0) is 50.8 Å². The van der Waals surface area contributed by atoms with Gasteiger partial charge < -0.3 is 10.1 Å². The average Bonchev–Trinajstić information content (AvgIpc) is 2.49. The Labute approximate surface area is 159 Å². The zero-order valence-electron chi connectivity index (χ0n) is 15.9. The van der Waals surface area contributed by atoms with Gasteiger partial charge in [-0.25, -0.2) is 4.79 Å². The Bertz CT molecular complexity index is 579. The van der Waals surface area contributed by atoms with Crippen molar-refractivity contribution in [3.8, 4) is 0 Å². The highest BCUT2D eigenvalue weighted by molar-refractivity contribution is 9.10. The average molecular weight is 413 g/mol. The van der Waals surface area contributed by atoms with Crippen LogP contribution in [0, 0.1) is 5.92 Å². The zero-order chi connectivity index (χ0) is 19.2. The molecule has 6 heteroatoms. The highest BCUT2D eigenvalue weighted by Crippen LogP contribution is 2.16. The Morgan fingerprint density at radius 1 is 1.20 bits per heavy atom. The van der Waals surface area contributed by atoms with E-state index in [9.17, 15) is 9.59 Å². The topological polar surface area (TPSA) is 58.6 Å².